The monoisotopic (exact) mass is 455 g/mol. The van der Waals surface area contributed by atoms with Crippen molar-refractivity contribution in [2.75, 3.05) is 10.1 Å². The van der Waals surface area contributed by atoms with Gasteiger partial charge in [-0.3, -0.25) is 14.9 Å². The lowest BCUT2D eigenvalue weighted by molar-refractivity contribution is -0.111. The zero-order valence-electron chi connectivity index (χ0n) is 18.0. The first-order valence-electron chi connectivity index (χ1n) is 10.0. The molecule has 1 aliphatic rings. The smallest absolute Gasteiger partial charge is 0.284 e. The predicted molar refractivity (Wildman–Crippen MR) is 117 cm³/mol. The van der Waals surface area contributed by atoms with Crippen LogP contribution in [0.1, 0.15) is 27.8 Å². The number of rotatable bonds is 4. The number of aryl methyl sites for hydroxylation is 2. The number of hydrogen-bond acceptors (Lipinski definition) is 5. The number of hydrazone groups is 1. The lowest BCUT2D eigenvalue weighted by atomic mass is 10.1. The molecule has 1 heterocycles. The summed E-state index contributed by atoms with van der Waals surface area (Å²) in [5.74, 6) is -4.93. The molecule has 33 heavy (non-hydrogen) atoms. The fourth-order valence-electron chi connectivity index (χ4n) is 3.85. The van der Waals surface area contributed by atoms with Crippen LogP contribution >= 0.6 is 0 Å². The van der Waals surface area contributed by atoms with E-state index >= 15 is 8.78 Å². The van der Waals surface area contributed by atoms with Crippen molar-refractivity contribution in [1.29, 1.82) is 0 Å². The third-order valence-corrected chi connectivity index (χ3v) is 5.36. The molecule has 0 radical (unpaired) electrons. The molecule has 170 valence electrons. The zero-order chi connectivity index (χ0) is 24.0. The van der Waals surface area contributed by atoms with Crippen LogP contribution in [-0.4, -0.2) is 21.9 Å². The summed E-state index contributed by atoms with van der Waals surface area (Å²) >= 11 is 0. The maximum atomic E-state index is 15.2. The minimum atomic E-state index is -1.44. The van der Waals surface area contributed by atoms with Crippen LogP contribution < -0.4 is 10.1 Å². The van der Waals surface area contributed by atoms with Gasteiger partial charge in [-0.25, -0.2) is 13.2 Å². The molecular formula is C24H20F3N3O3. The summed E-state index contributed by atoms with van der Waals surface area (Å²) in [6, 6.07) is 11.0. The molecule has 0 aliphatic carbocycles. The van der Waals surface area contributed by atoms with Gasteiger partial charge in [0.1, 0.15) is 0 Å². The summed E-state index contributed by atoms with van der Waals surface area (Å²) in [7, 11) is 0. The first-order chi connectivity index (χ1) is 15.6. The number of carbonyl (C=O) groups is 1. The lowest BCUT2D eigenvalue weighted by Gasteiger charge is -2.20. The normalized spacial score (nSPS) is 14.2. The van der Waals surface area contributed by atoms with E-state index < -0.39 is 45.9 Å². The minimum absolute atomic E-state index is 0.0571. The third kappa shape index (κ3) is 3.75. The molecule has 2 N–H and O–H groups in total. The van der Waals surface area contributed by atoms with Gasteiger partial charge in [0.15, 0.2) is 23.2 Å². The number of carbonyl (C=O) groups excluding carboxylic acids is 1. The Balaban J connectivity index is 1.95. The van der Waals surface area contributed by atoms with E-state index in [0.29, 0.717) is 10.7 Å². The van der Waals surface area contributed by atoms with E-state index in [1.54, 1.807) is 32.0 Å². The van der Waals surface area contributed by atoms with Gasteiger partial charge in [0.25, 0.3) is 5.91 Å². The Labute approximate surface area is 187 Å². The van der Waals surface area contributed by atoms with Crippen molar-refractivity contribution in [3.8, 4) is 0 Å². The van der Waals surface area contributed by atoms with Crippen molar-refractivity contribution in [2.24, 2.45) is 5.10 Å². The standard InChI is InChI=1S/C24H20F3N3O3/c1-12-7-13(2)9-17(8-12)29-23-18(21(27)19(25)14(3)20(23)26)22(24(29)32)28-30(33)16-6-4-5-15(10-16)11-31/h4-10,31,33H,11H2,1-3H3. The molecule has 0 atom stereocenters. The summed E-state index contributed by atoms with van der Waals surface area (Å²) in [5, 5.41) is 23.9. The molecule has 1 aliphatic heterocycles. The van der Waals surface area contributed by atoms with Gasteiger partial charge in [-0.2, -0.15) is 0 Å². The van der Waals surface area contributed by atoms with Crippen molar-refractivity contribution < 1.29 is 28.3 Å². The number of aliphatic hydroxyl groups excluding tert-OH is 1. The van der Waals surface area contributed by atoms with Crippen LogP contribution in [0.5, 0.6) is 0 Å². The van der Waals surface area contributed by atoms with Crippen LogP contribution in [0.15, 0.2) is 47.6 Å². The summed E-state index contributed by atoms with van der Waals surface area (Å²) in [6.45, 7) is 4.32. The maximum Gasteiger partial charge on any atom is 0.284 e. The fourth-order valence-corrected chi connectivity index (χ4v) is 3.85. The van der Waals surface area contributed by atoms with E-state index in [0.717, 1.165) is 23.0 Å². The van der Waals surface area contributed by atoms with E-state index in [9.17, 15) is 19.5 Å². The Hall–Kier alpha value is -3.69. The second kappa shape index (κ2) is 8.34. The Morgan fingerprint density at radius 3 is 2.27 bits per heavy atom. The first-order valence-corrected chi connectivity index (χ1v) is 10.0. The summed E-state index contributed by atoms with van der Waals surface area (Å²) < 4.78 is 44.7. The largest absolute Gasteiger partial charge is 0.392 e. The number of benzene rings is 3. The minimum Gasteiger partial charge on any atom is -0.392 e. The van der Waals surface area contributed by atoms with Crippen LogP contribution in [0.3, 0.4) is 0 Å². The third-order valence-electron chi connectivity index (χ3n) is 5.36. The van der Waals surface area contributed by atoms with E-state index in [-0.39, 0.29) is 18.0 Å². The molecule has 9 heteroatoms. The highest BCUT2D eigenvalue weighted by molar-refractivity contribution is 6.56. The molecule has 0 unspecified atom stereocenters. The molecule has 0 bridgehead atoms. The van der Waals surface area contributed by atoms with Crippen molar-refractivity contribution in [1.82, 2.24) is 0 Å². The van der Waals surface area contributed by atoms with E-state index in [1.807, 2.05) is 6.07 Å². The van der Waals surface area contributed by atoms with Gasteiger partial charge in [0.05, 0.1) is 23.5 Å². The number of nitrogens with zero attached hydrogens (tertiary/aromatic N) is 3. The molecule has 0 fully saturated rings. The fraction of sp³-hybridized carbons (Fsp3) is 0.167. The molecule has 3 aromatic carbocycles. The maximum absolute atomic E-state index is 15.2. The highest BCUT2D eigenvalue weighted by Gasteiger charge is 2.43. The van der Waals surface area contributed by atoms with Gasteiger partial charge < -0.3 is 5.11 Å². The average molecular weight is 455 g/mol. The van der Waals surface area contributed by atoms with Gasteiger partial charge in [-0.05, 0) is 61.7 Å². The number of aliphatic hydroxyl groups is 1. The predicted octanol–water partition coefficient (Wildman–Crippen LogP) is 4.80. The van der Waals surface area contributed by atoms with Gasteiger partial charge in [0, 0.05) is 11.3 Å². The summed E-state index contributed by atoms with van der Waals surface area (Å²) in [5.41, 5.74) is -0.108. The highest BCUT2D eigenvalue weighted by atomic mass is 19.2. The first kappa shape index (κ1) is 22.5. The van der Waals surface area contributed by atoms with Crippen molar-refractivity contribution >= 4 is 28.7 Å². The Morgan fingerprint density at radius 2 is 1.64 bits per heavy atom. The zero-order valence-corrected chi connectivity index (χ0v) is 18.0. The van der Waals surface area contributed by atoms with Gasteiger partial charge in [-0.15, -0.1) is 10.3 Å². The number of hydrogen-bond donors (Lipinski definition) is 2. The van der Waals surface area contributed by atoms with Crippen LogP contribution in [0.25, 0.3) is 0 Å². The molecule has 0 spiro atoms. The molecular weight excluding hydrogens is 435 g/mol. The van der Waals surface area contributed by atoms with Crippen LogP contribution in [-0.2, 0) is 11.4 Å². The molecule has 0 saturated carbocycles. The second-order valence-electron chi connectivity index (χ2n) is 7.84. The highest BCUT2D eigenvalue weighted by Crippen LogP contribution is 2.42. The average Bonchev–Trinajstić information content (AvgIpc) is 3.07. The van der Waals surface area contributed by atoms with Crippen LogP contribution in [0.2, 0.25) is 0 Å². The SMILES string of the molecule is Cc1cc(C)cc(N2C(=O)C(=NN(O)c3cccc(CO)c3)c3c(F)c(F)c(C)c(F)c32)c1. The van der Waals surface area contributed by atoms with E-state index in [2.05, 4.69) is 5.10 Å². The van der Waals surface area contributed by atoms with Crippen LogP contribution in [0.4, 0.5) is 30.2 Å². The molecule has 3 aromatic rings. The topological polar surface area (TPSA) is 76.4 Å². The number of anilines is 3. The molecule has 1 amide bonds. The molecule has 4 rings (SSSR count). The number of amides is 1. The quantitative estimate of drug-likeness (QED) is 0.438. The van der Waals surface area contributed by atoms with Crippen molar-refractivity contribution in [3.05, 3.63) is 87.7 Å². The second-order valence-corrected chi connectivity index (χ2v) is 7.84. The Morgan fingerprint density at radius 1 is 0.970 bits per heavy atom. The van der Waals surface area contributed by atoms with Crippen LogP contribution in [0, 0.1) is 38.2 Å². The molecule has 0 aromatic heterocycles. The Bertz CT molecular complexity index is 1300. The van der Waals surface area contributed by atoms with E-state index in [1.165, 1.54) is 18.2 Å². The number of halogens is 3. The number of fused-ring (bicyclic) bond motifs is 1. The van der Waals surface area contributed by atoms with Gasteiger partial charge >= 0.3 is 0 Å². The lowest BCUT2D eigenvalue weighted by Crippen LogP contribution is -2.28. The van der Waals surface area contributed by atoms with E-state index in [4.69, 9.17) is 0 Å². The van der Waals surface area contributed by atoms with Gasteiger partial charge in [-0.1, -0.05) is 18.2 Å². The van der Waals surface area contributed by atoms with Gasteiger partial charge in [0.2, 0.25) is 0 Å². The summed E-state index contributed by atoms with van der Waals surface area (Å²) in [4.78, 5) is 14.3. The van der Waals surface area contributed by atoms with Crippen molar-refractivity contribution in [2.45, 2.75) is 27.4 Å². The molecule has 0 saturated heterocycles. The Kier molecular flexibility index (Phi) is 5.69. The summed E-state index contributed by atoms with van der Waals surface area (Å²) in [6.07, 6.45) is 0. The molecule has 6 nitrogen and oxygen atoms in total. The van der Waals surface area contributed by atoms with Crippen molar-refractivity contribution in [3.63, 3.8) is 0 Å².